The van der Waals surface area contributed by atoms with Crippen molar-refractivity contribution < 1.29 is 4.79 Å². The molecule has 1 heterocycles. The highest BCUT2D eigenvalue weighted by Gasteiger charge is 2.23. The second-order valence-corrected chi connectivity index (χ2v) is 6.14. The molecule has 114 valence electrons. The molecule has 0 radical (unpaired) electrons. The van der Waals surface area contributed by atoms with Gasteiger partial charge in [0.15, 0.2) is 11.6 Å². The summed E-state index contributed by atoms with van der Waals surface area (Å²) in [6, 6.07) is 9.56. The summed E-state index contributed by atoms with van der Waals surface area (Å²) in [7, 11) is 0. The van der Waals surface area contributed by atoms with Gasteiger partial charge in [-0.25, -0.2) is 4.79 Å². The van der Waals surface area contributed by atoms with E-state index >= 15 is 0 Å². The second-order valence-electron chi connectivity index (χ2n) is 5.28. The number of halogens is 1. The van der Waals surface area contributed by atoms with Crippen LogP contribution in [-0.4, -0.2) is 22.3 Å². The molecule has 1 saturated carbocycles. The first-order valence-electron chi connectivity index (χ1n) is 7.04. The van der Waals surface area contributed by atoms with Gasteiger partial charge in [-0.15, -0.1) is 10.2 Å². The summed E-state index contributed by atoms with van der Waals surface area (Å²) in [6.45, 7) is 2.03. The van der Waals surface area contributed by atoms with Crippen LogP contribution in [0.2, 0.25) is 0 Å². The van der Waals surface area contributed by atoms with E-state index in [0.29, 0.717) is 17.7 Å². The van der Waals surface area contributed by atoms with Gasteiger partial charge in [-0.05, 0) is 65.5 Å². The average molecular weight is 362 g/mol. The zero-order valence-corrected chi connectivity index (χ0v) is 13.6. The van der Waals surface area contributed by atoms with Crippen LogP contribution in [0.4, 0.5) is 22.1 Å². The van der Waals surface area contributed by atoms with Crippen molar-refractivity contribution in [1.29, 1.82) is 0 Å². The van der Waals surface area contributed by atoms with Gasteiger partial charge >= 0.3 is 6.03 Å². The highest BCUT2D eigenvalue weighted by atomic mass is 79.9. The number of anilines is 3. The Morgan fingerprint density at radius 3 is 2.55 bits per heavy atom. The number of rotatable bonds is 4. The summed E-state index contributed by atoms with van der Waals surface area (Å²) >= 11 is 3.50. The largest absolute Gasteiger partial charge is 0.338 e. The van der Waals surface area contributed by atoms with Gasteiger partial charge < -0.3 is 10.6 Å². The van der Waals surface area contributed by atoms with E-state index in [-0.39, 0.29) is 6.03 Å². The van der Waals surface area contributed by atoms with E-state index in [4.69, 9.17) is 0 Å². The van der Waals surface area contributed by atoms with Crippen LogP contribution in [0.3, 0.4) is 0 Å². The minimum absolute atomic E-state index is 0.237. The number of urea groups is 1. The number of carbonyl (C=O) groups excluding carboxylic acids is 1. The first-order valence-corrected chi connectivity index (χ1v) is 7.84. The zero-order chi connectivity index (χ0) is 15.5. The number of amides is 2. The zero-order valence-electron chi connectivity index (χ0n) is 12.1. The fourth-order valence-corrected chi connectivity index (χ4v) is 2.48. The van der Waals surface area contributed by atoms with Crippen molar-refractivity contribution in [1.82, 2.24) is 15.5 Å². The standard InChI is InChI=1S/C15H16BrN5O/c1-9-2-5-12(11(16)8-9)18-13-6-7-14(21-20-13)19-15(22)17-10-3-4-10/h2,5-8,10H,3-4H2,1H3,(H,18,20)(H2,17,19,21,22). The lowest BCUT2D eigenvalue weighted by molar-refractivity contribution is 0.251. The number of benzene rings is 1. The van der Waals surface area contributed by atoms with E-state index in [2.05, 4.69) is 42.1 Å². The Balaban J connectivity index is 1.62. The van der Waals surface area contributed by atoms with Gasteiger partial charge in [0.1, 0.15) is 0 Å². The lowest BCUT2D eigenvalue weighted by Crippen LogP contribution is -2.30. The normalized spacial score (nSPS) is 13.5. The van der Waals surface area contributed by atoms with Gasteiger partial charge in [-0.1, -0.05) is 6.07 Å². The number of nitrogens with zero attached hydrogens (tertiary/aromatic N) is 2. The van der Waals surface area contributed by atoms with Crippen molar-refractivity contribution in [3.05, 3.63) is 40.4 Å². The van der Waals surface area contributed by atoms with E-state index in [9.17, 15) is 4.79 Å². The summed E-state index contributed by atoms with van der Waals surface area (Å²) in [6.07, 6.45) is 2.10. The van der Waals surface area contributed by atoms with Gasteiger partial charge in [-0.3, -0.25) is 5.32 Å². The van der Waals surface area contributed by atoms with Crippen LogP contribution in [0.15, 0.2) is 34.8 Å². The highest BCUT2D eigenvalue weighted by Crippen LogP contribution is 2.26. The fourth-order valence-electron chi connectivity index (χ4n) is 1.89. The lowest BCUT2D eigenvalue weighted by atomic mass is 10.2. The van der Waals surface area contributed by atoms with Gasteiger partial charge in [0.2, 0.25) is 0 Å². The molecule has 2 aromatic rings. The number of hydrogen-bond acceptors (Lipinski definition) is 4. The van der Waals surface area contributed by atoms with Crippen LogP contribution in [0.1, 0.15) is 18.4 Å². The Labute approximate surface area is 136 Å². The van der Waals surface area contributed by atoms with E-state index in [1.807, 2.05) is 25.1 Å². The van der Waals surface area contributed by atoms with Crippen LogP contribution in [0.5, 0.6) is 0 Å². The predicted octanol–water partition coefficient (Wildman–Crippen LogP) is 3.58. The van der Waals surface area contributed by atoms with Gasteiger partial charge in [0.05, 0.1) is 5.69 Å². The van der Waals surface area contributed by atoms with Crippen LogP contribution in [0, 0.1) is 6.92 Å². The molecule has 0 atom stereocenters. The molecule has 1 fully saturated rings. The molecule has 7 heteroatoms. The third-order valence-electron chi connectivity index (χ3n) is 3.21. The summed E-state index contributed by atoms with van der Waals surface area (Å²) in [5.74, 6) is 1.03. The topological polar surface area (TPSA) is 78.9 Å². The van der Waals surface area contributed by atoms with E-state index in [0.717, 1.165) is 23.0 Å². The van der Waals surface area contributed by atoms with Crippen molar-refractivity contribution in [3.8, 4) is 0 Å². The Hall–Kier alpha value is -2.15. The van der Waals surface area contributed by atoms with E-state index in [1.165, 1.54) is 5.56 Å². The molecule has 0 aliphatic heterocycles. The van der Waals surface area contributed by atoms with Crippen molar-refractivity contribution in [2.24, 2.45) is 0 Å². The van der Waals surface area contributed by atoms with Gasteiger partial charge in [0, 0.05) is 10.5 Å². The molecule has 3 N–H and O–H groups in total. The minimum Gasteiger partial charge on any atom is -0.338 e. The SMILES string of the molecule is Cc1ccc(Nc2ccc(NC(=O)NC3CC3)nn2)c(Br)c1. The molecule has 0 spiro atoms. The molecule has 1 aliphatic rings. The Bertz CT molecular complexity index is 685. The fraction of sp³-hybridized carbons (Fsp3) is 0.267. The molecule has 0 saturated heterocycles. The minimum atomic E-state index is -0.237. The Kier molecular flexibility index (Phi) is 4.24. The van der Waals surface area contributed by atoms with Crippen molar-refractivity contribution in [2.45, 2.75) is 25.8 Å². The number of aromatic nitrogens is 2. The smallest absolute Gasteiger partial charge is 0.320 e. The number of aryl methyl sites for hydroxylation is 1. The molecular weight excluding hydrogens is 346 g/mol. The van der Waals surface area contributed by atoms with E-state index in [1.54, 1.807) is 12.1 Å². The van der Waals surface area contributed by atoms with Crippen molar-refractivity contribution >= 4 is 39.3 Å². The maximum atomic E-state index is 11.6. The summed E-state index contributed by atoms with van der Waals surface area (Å²) < 4.78 is 0.959. The Morgan fingerprint density at radius 1 is 1.18 bits per heavy atom. The molecule has 22 heavy (non-hydrogen) atoms. The summed E-state index contributed by atoms with van der Waals surface area (Å²) in [5.41, 5.74) is 2.08. The molecule has 0 unspecified atom stereocenters. The summed E-state index contributed by atoms with van der Waals surface area (Å²) in [5, 5.41) is 16.7. The van der Waals surface area contributed by atoms with Crippen molar-refractivity contribution in [2.75, 3.05) is 10.6 Å². The first kappa shape index (κ1) is 14.8. The first-order chi connectivity index (χ1) is 10.6. The van der Waals surface area contributed by atoms with Crippen LogP contribution >= 0.6 is 15.9 Å². The van der Waals surface area contributed by atoms with Gasteiger partial charge in [0.25, 0.3) is 0 Å². The van der Waals surface area contributed by atoms with Crippen LogP contribution in [-0.2, 0) is 0 Å². The number of hydrogen-bond donors (Lipinski definition) is 3. The second kappa shape index (κ2) is 6.31. The maximum absolute atomic E-state index is 11.6. The summed E-state index contributed by atoms with van der Waals surface area (Å²) in [4.78, 5) is 11.6. The molecule has 6 nitrogen and oxygen atoms in total. The number of nitrogens with one attached hydrogen (secondary N) is 3. The monoisotopic (exact) mass is 361 g/mol. The predicted molar refractivity (Wildman–Crippen MR) is 89.4 cm³/mol. The molecular formula is C15H16BrN5O. The van der Waals surface area contributed by atoms with Gasteiger partial charge in [-0.2, -0.15) is 0 Å². The van der Waals surface area contributed by atoms with Crippen molar-refractivity contribution in [3.63, 3.8) is 0 Å². The molecule has 1 aliphatic carbocycles. The molecule has 1 aromatic carbocycles. The van der Waals surface area contributed by atoms with Crippen LogP contribution in [0.25, 0.3) is 0 Å². The average Bonchev–Trinajstić information content (AvgIpc) is 3.28. The lowest BCUT2D eigenvalue weighted by Gasteiger charge is -2.09. The number of carbonyl (C=O) groups is 1. The molecule has 3 rings (SSSR count). The highest BCUT2D eigenvalue weighted by molar-refractivity contribution is 9.10. The Morgan fingerprint density at radius 2 is 1.91 bits per heavy atom. The quantitative estimate of drug-likeness (QED) is 0.777. The maximum Gasteiger partial charge on any atom is 0.320 e. The molecule has 0 bridgehead atoms. The van der Waals surface area contributed by atoms with E-state index < -0.39 is 0 Å². The molecule has 1 aromatic heterocycles. The third-order valence-corrected chi connectivity index (χ3v) is 3.86. The third kappa shape index (κ3) is 3.94. The van der Waals surface area contributed by atoms with Crippen LogP contribution < -0.4 is 16.0 Å². The molecule has 2 amide bonds.